The van der Waals surface area contributed by atoms with Gasteiger partial charge in [0.2, 0.25) is 11.8 Å². The molecule has 4 rings (SSSR count). The number of fused-ring (bicyclic) bond motifs is 2. The minimum absolute atomic E-state index is 0.0531. The summed E-state index contributed by atoms with van der Waals surface area (Å²) < 4.78 is 13.1. The molecule has 1 aliphatic rings. The van der Waals surface area contributed by atoms with E-state index in [-0.39, 0.29) is 43.8 Å². The lowest BCUT2D eigenvalue weighted by atomic mass is 10.1. The Balaban J connectivity index is 1.42. The van der Waals surface area contributed by atoms with Crippen LogP contribution < -0.4 is 20.1 Å². The average molecular weight is 508 g/mol. The summed E-state index contributed by atoms with van der Waals surface area (Å²) in [4.78, 5) is 44.8. The molecule has 0 saturated carbocycles. The van der Waals surface area contributed by atoms with Crippen molar-refractivity contribution < 1.29 is 23.9 Å². The van der Waals surface area contributed by atoms with Crippen LogP contribution in [0.3, 0.4) is 0 Å². The highest BCUT2D eigenvalue weighted by molar-refractivity contribution is 5.97. The number of carbonyl (C=O) groups is 3. The number of hydrogen-bond acceptors (Lipinski definition) is 6. The van der Waals surface area contributed by atoms with E-state index in [0.717, 1.165) is 23.3 Å². The Morgan fingerprint density at radius 3 is 2.78 bits per heavy atom. The van der Waals surface area contributed by atoms with Crippen molar-refractivity contribution >= 4 is 28.8 Å². The molecule has 1 aliphatic heterocycles. The Bertz CT molecular complexity index is 1270. The van der Waals surface area contributed by atoms with Gasteiger partial charge in [-0.25, -0.2) is 4.98 Å². The molecule has 0 bridgehead atoms. The lowest BCUT2D eigenvalue weighted by Crippen LogP contribution is -2.43. The number of ether oxygens (including phenoxy) is 2. The highest BCUT2D eigenvalue weighted by atomic mass is 16.5. The fraction of sp³-hybridized carbons (Fsp3) is 0.407. The Morgan fingerprint density at radius 1 is 1.14 bits per heavy atom. The van der Waals surface area contributed by atoms with Crippen LogP contribution in [0.1, 0.15) is 35.9 Å². The first-order valence-corrected chi connectivity index (χ1v) is 12.6. The van der Waals surface area contributed by atoms with Gasteiger partial charge in [0.05, 0.1) is 36.8 Å². The number of methoxy groups -OCH3 is 1. The number of carbonyl (C=O) groups excluding carboxylic acids is 3. The van der Waals surface area contributed by atoms with Crippen molar-refractivity contribution in [1.82, 2.24) is 25.1 Å². The predicted octanol–water partition coefficient (Wildman–Crippen LogP) is 2.15. The lowest BCUT2D eigenvalue weighted by molar-refractivity contribution is -0.136. The van der Waals surface area contributed by atoms with Crippen LogP contribution in [-0.2, 0) is 22.6 Å². The summed E-state index contributed by atoms with van der Waals surface area (Å²) in [6.45, 7) is 3.57. The minimum atomic E-state index is -0.268. The number of nitrogens with one attached hydrogen (secondary N) is 2. The number of rotatable bonds is 5. The summed E-state index contributed by atoms with van der Waals surface area (Å²) >= 11 is 0. The number of aromatic nitrogens is 2. The molecule has 196 valence electrons. The van der Waals surface area contributed by atoms with Crippen molar-refractivity contribution in [2.45, 2.75) is 32.7 Å². The van der Waals surface area contributed by atoms with Crippen LogP contribution in [0.4, 0.5) is 0 Å². The second-order valence-corrected chi connectivity index (χ2v) is 8.76. The van der Waals surface area contributed by atoms with Crippen LogP contribution >= 0.6 is 0 Å². The van der Waals surface area contributed by atoms with Gasteiger partial charge in [0.25, 0.3) is 5.91 Å². The van der Waals surface area contributed by atoms with Crippen molar-refractivity contribution in [3.05, 3.63) is 53.9 Å². The number of nitrogens with zero attached hydrogens (tertiary/aromatic N) is 3. The molecule has 0 unspecified atom stereocenters. The van der Waals surface area contributed by atoms with Crippen molar-refractivity contribution in [2.24, 2.45) is 0 Å². The smallest absolute Gasteiger partial charge is 0.255 e. The van der Waals surface area contributed by atoms with Gasteiger partial charge < -0.3 is 29.6 Å². The highest BCUT2D eigenvalue weighted by Crippen LogP contribution is 2.25. The molecular formula is C27H33N5O5. The number of benzene rings is 2. The van der Waals surface area contributed by atoms with Gasteiger partial charge in [-0.3, -0.25) is 14.4 Å². The quantitative estimate of drug-likeness (QED) is 0.547. The Hall–Kier alpha value is -4.08. The number of aryl methyl sites for hydroxylation is 2. The van der Waals surface area contributed by atoms with E-state index in [2.05, 4.69) is 20.2 Å². The fourth-order valence-electron chi connectivity index (χ4n) is 4.39. The standard InChI is InChI=1S/C27H33N5O5/c1-3-24-30-21-7-4-5-8-22(21)32(24)15-11-26(34)31-14-6-12-29-27(35)20-10-9-19(36-2)17-23(20)37-16-13-28-25(33)18-31/h4-5,7-10,17H,3,6,11-16,18H2,1-2H3,(H,28,33)(H,29,35). The molecular weight excluding hydrogens is 474 g/mol. The van der Waals surface area contributed by atoms with Gasteiger partial charge in [0.15, 0.2) is 0 Å². The highest BCUT2D eigenvalue weighted by Gasteiger charge is 2.20. The van der Waals surface area contributed by atoms with Gasteiger partial charge in [0, 0.05) is 38.5 Å². The molecule has 2 N–H and O–H groups in total. The summed E-state index contributed by atoms with van der Waals surface area (Å²) in [6.07, 6.45) is 1.50. The number of hydrogen-bond donors (Lipinski definition) is 2. The summed E-state index contributed by atoms with van der Waals surface area (Å²) in [5, 5.41) is 5.68. The van der Waals surface area contributed by atoms with Crippen LogP contribution in [0.2, 0.25) is 0 Å². The largest absolute Gasteiger partial charge is 0.497 e. The van der Waals surface area contributed by atoms with Crippen molar-refractivity contribution in [2.75, 3.05) is 39.9 Å². The van der Waals surface area contributed by atoms with E-state index in [4.69, 9.17) is 9.47 Å². The second kappa shape index (κ2) is 12.2. The van der Waals surface area contributed by atoms with E-state index in [1.807, 2.05) is 31.2 Å². The third-order valence-corrected chi connectivity index (χ3v) is 6.29. The molecule has 37 heavy (non-hydrogen) atoms. The maximum absolute atomic E-state index is 13.2. The lowest BCUT2D eigenvalue weighted by Gasteiger charge is -2.23. The summed E-state index contributed by atoms with van der Waals surface area (Å²) in [5.41, 5.74) is 2.28. The van der Waals surface area contributed by atoms with E-state index in [1.165, 1.54) is 0 Å². The summed E-state index contributed by atoms with van der Waals surface area (Å²) in [6, 6.07) is 12.9. The molecule has 2 aromatic carbocycles. The average Bonchev–Trinajstić information content (AvgIpc) is 3.28. The van der Waals surface area contributed by atoms with Crippen molar-refractivity contribution in [1.29, 1.82) is 0 Å². The maximum Gasteiger partial charge on any atom is 0.255 e. The normalized spacial score (nSPS) is 15.2. The van der Waals surface area contributed by atoms with Gasteiger partial charge >= 0.3 is 0 Å². The zero-order chi connectivity index (χ0) is 26.2. The second-order valence-electron chi connectivity index (χ2n) is 8.76. The molecule has 0 spiro atoms. The Morgan fingerprint density at radius 2 is 1.97 bits per heavy atom. The molecule has 0 saturated heterocycles. The zero-order valence-electron chi connectivity index (χ0n) is 21.3. The topological polar surface area (TPSA) is 115 Å². The summed E-state index contributed by atoms with van der Waals surface area (Å²) in [7, 11) is 1.54. The maximum atomic E-state index is 13.2. The number of imidazole rings is 1. The van der Waals surface area contributed by atoms with Crippen LogP contribution in [0, 0.1) is 0 Å². The fourth-order valence-corrected chi connectivity index (χ4v) is 4.39. The van der Waals surface area contributed by atoms with E-state index in [0.29, 0.717) is 43.1 Å². The SMILES string of the molecule is CCc1nc2ccccc2n1CCC(=O)N1CCCNC(=O)c2ccc(OC)cc2OCCNC(=O)C1. The molecule has 1 aromatic heterocycles. The molecule has 10 nitrogen and oxygen atoms in total. The molecule has 0 aliphatic carbocycles. The summed E-state index contributed by atoms with van der Waals surface area (Å²) in [5.74, 6) is 1.23. The van der Waals surface area contributed by atoms with Gasteiger partial charge in [0.1, 0.15) is 23.9 Å². The first-order chi connectivity index (χ1) is 18.0. The van der Waals surface area contributed by atoms with Crippen LogP contribution in [0.25, 0.3) is 11.0 Å². The van der Waals surface area contributed by atoms with Crippen molar-refractivity contribution in [3.8, 4) is 11.5 Å². The van der Waals surface area contributed by atoms with Gasteiger partial charge in [-0.15, -0.1) is 0 Å². The van der Waals surface area contributed by atoms with Crippen LogP contribution in [0.15, 0.2) is 42.5 Å². The minimum Gasteiger partial charge on any atom is -0.497 e. The third kappa shape index (κ3) is 6.38. The van der Waals surface area contributed by atoms with Crippen LogP contribution in [-0.4, -0.2) is 72.1 Å². The van der Waals surface area contributed by atoms with Gasteiger partial charge in [-0.05, 0) is 30.7 Å². The van der Waals surface area contributed by atoms with E-state index < -0.39 is 0 Å². The third-order valence-electron chi connectivity index (χ3n) is 6.29. The molecule has 0 fully saturated rings. The monoisotopic (exact) mass is 507 g/mol. The molecule has 2 heterocycles. The van der Waals surface area contributed by atoms with Crippen LogP contribution in [0.5, 0.6) is 11.5 Å². The molecule has 10 heteroatoms. The van der Waals surface area contributed by atoms with Gasteiger partial charge in [-0.2, -0.15) is 0 Å². The molecule has 0 radical (unpaired) electrons. The van der Waals surface area contributed by atoms with Crippen molar-refractivity contribution in [3.63, 3.8) is 0 Å². The number of para-hydroxylation sites is 2. The van der Waals surface area contributed by atoms with E-state index in [1.54, 1.807) is 30.2 Å². The number of amides is 3. The van der Waals surface area contributed by atoms with Gasteiger partial charge in [-0.1, -0.05) is 19.1 Å². The first-order valence-electron chi connectivity index (χ1n) is 12.6. The molecule has 3 amide bonds. The van der Waals surface area contributed by atoms with E-state index >= 15 is 0 Å². The zero-order valence-corrected chi connectivity index (χ0v) is 21.3. The predicted molar refractivity (Wildman–Crippen MR) is 139 cm³/mol. The molecule has 0 atom stereocenters. The molecule has 3 aromatic rings. The Labute approximate surface area is 215 Å². The van der Waals surface area contributed by atoms with E-state index in [9.17, 15) is 14.4 Å². The first kappa shape index (κ1) is 26.0. The Kier molecular flexibility index (Phi) is 8.60.